The van der Waals surface area contributed by atoms with Gasteiger partial charge in [0.05, 0.1) is 35.3 Å². The van der Waals surface area contributed by atoms with E-state index in [9.17, 15) is 22.7 Å². The van der Waals surface area contributed by atoms with E-state index in [4.69, 9.17) is 9.47 Å². The van der Waals surface area contributed by atoms with Crippen molar-refractivity contribution in [2.24, 2.45) is 11.8 Å². The minimum atomic E-state index is -4.04. The van der Waals surface area contributed by atoms with E-state index in [-0.39, 0.29) is 46.8 Å². The van der Waals surface area contributed by atoms with Crippen LogP contribution in [0.5, 0.6) is 5.75 Å². The number of likely N-dealkylation sites (N-methyl/N-ethyl adjacent to an activating group) is 1. The minimum Gasteiger partial charge on any atom is -0.490 e. The van der Waals surface area contributed by atoms with Gasteiger partial charge in [-0.2, -0.15) is 0 Å². The number of halogens is 1. The van der Waals surface area contributed by atoms with E-state index in [1.54, 1.807) is 24.0 Å². The van der Waals surface area contributed by atoms with Crippen molar-refractivity contribution in [1.29, 1.82) is 0 Å². The van der Waals surface area contributed by atoms with Crippen LogP contribution in [0.2, 0.25) is 0 Å². The average molecular weight is 620 g/mol. The van der Waals surface area contributed by atoms with Gasteiger partial charge < -0.3 is 24.4 Å². The zero-order valence-corrected chi connectivity index (χ0v) is 26.5. The number of fused-ring (bicyclic) bond motifs is 1. The molecule has 0 saturated heterocycles. The largest absolute Gasteiger partial charge is 0.490 e. The molecule has 1 fully saturated rings. The summed E-state index contributed by atoms with van der Waals surface area (Å²) in [5.74, 6) is 0.140. The number of aliphatic hydroxyl groups is 1. The molecular formula is C32H46FN3O6S. The van der Waals surface area contributed by atoms with Crippen molar-refractivity contribution in [2.45, 2.75) is 76.0 Å². The molecular weight excluding hydrogens is 573 g/mol. The summed E-state index contributed by atoms with van der Waals surface area (Å²) in [5, 5.41) is 10.1. The number of nitrogens with one attached hydrogen (secondary N) is 1. The SMILES string of the molecule is C[C@H](CO)N1C[C@H](C)[C@H](CN(C)CC2CC2)OCCCC[C@H](C)Oc2ccc(NS(=O)(=O)c3ccc(F)cc3)cc2C1=O. The van der Waals surface area contributed by atoms with Crippen molar-refractivity contribution >= 4 is 21.6 Å². The smallest absolute Gasteiger partial charge is 0.261 e. The predicted octanol–water partition coefficient (Wildman–Crippen LogP) is 4.76. The van der Waals surface area contributed by atoms with Crippen molar-refractivity contribution in [3.63, 3.8) is 0 Å². The summed E-state index contributed by atoms with van der Waals surface area (Å²) in [6, 6.07) is 8.62. The third-order valence-corrected chi connectivity index (χ3v) is 9.58. The molecule has 0 radical (unpaired) electrons. The van der Waals surface area contributed by atoms with Crippen molar-refractivity contribution < 1.29 is 32.2 Å². The molecule has 2 aromatic carbocycles. The Kier molecular flexibility index (Phi) is 11.4. The summed E-state index contributed by atoms with van der Waals surface area (Å²) in [6.07, 6.45) is 4.78. The molecule has 0 bridgehead atoms. The molecule has 2 aliphatic rings. The third kappa shape index (κ3) is 9.38. The topological polar surface area (TPSA) is 108 Å². The molecule has 1 saturated carbocycles. The van der Waals surface area contributed by atoms with E-state index < -0.39 is 21.9 Å². The molecule has 2 aromatic rings. The lowest BCUT2D eigenvalue weighted by molar-refractivity contribution is -0.0172. The van der Waals surface area contributed by atoms with Crippen LogP contribution in [0.4, 0.5) is 10.1 Å². The van der Waals surface area contributed by atoms with E-state index in [1.165, 1.54) is 31.0 Å². The lowest BCUT2D eigenvalue weighted by Gasteiger charge is -2.36. The molecule has 4 atom stereocenters. The summed E-state index contributed by atoms with van der Waals surface area (Å²) in [7, 11) is -1.93. The highest BCUT2D eigenvalue weighted by Crippen LogP contribution is 2.31. The Labute approximate surface area is 255 Å². The van der Waals surface area contributed by atoms with Gasteiger partial charge in [-0.1, -0.05) is 6.92 Å². The molecule has 9 nitrogen and oxygen atoms in total. The van der Waals surface area contributed by atoms with Crippen LogP contribution < -0.4 is 9.46 Å². The number of hydrogen-bond donors (Lipinski definition) is 2. The second-order valence-electron chi connectivity index (χ2n) is 12.2. The number of ether oxygens (including phenoxy) is 2. The molecule has 0 unspecified atom stereocenters. The molecule has 2 N–H and O–H groups in total. The van der Waals surface area contributed by atoms with Gasteiger partial charge in [0.15, 0.2) is 0 Å². The summed E-state index contributed by atoms with van der Waals surface area (Å²) in [6.45, 7) is 8.29. The van der Waals surface area contributed by atoms with Gasteiger partial charge in [0, 0.05) is 37.8 Å². The average Bonchev–Trinajstić information content (AvgIpc) is 3.78. The molecule has 1 heterocycles. The highest BCUT2D eigenvalue weighted by atomic mass is 32.2. The molecule has 43 heavy (non-hydrogen) atoms. The van der Waals surface area contributed by atoms with Crippen molar-refractivity contribution in [3.8, 4) is 5.75 Å². The summed E-state index contributed by atoms with van der Waals surface area (Å²) in [4.78, 5) is 18.1. The fourth-order valence-corrected chi connectivity index (χ4v) is 6.45. The summed E-state index contributed by atoms with van der Waals surface area (Å²) < 4.78 is 54.6. The maximum Gasteiger partial charge on any atom is 0.261 e. The molecule has 4 rings (SSSR count). The van der Waals surface area contributed by atoms with E-state index >= 15 is 0 Å². The second kappa shape index (κ2) is 14.8. The van der Waals surface area contributed by atoms with Crippen LogP contribution in [0.3, 0.4) is 0 Å². The fraction of sp³-hybridized carbons (Fsp3) is 0.594. The van der Waals surface area contributed by atoms with Crippen LogP contribution in [-0.4, -0.2) is 87.4 Å². The van der Waals surface area contributed by atoms with Gasteiger partial charge in [0.25, 0.3) is 15.9 Å². The molecule has 0 spiro atoms. The molecule has 0 aromatic heterocycles. The van der Waals surface area contributed by atoms with E-state index in [0.717, 1.165) is 50.4 Å². The van der Waals surface area contributed by atoms with E-state index in [2.05, 4.69) is 23.6 Å². The fourth-order valence-electron chi connectivity index (χ4n) is 5.40. The normalized spacial score (nSPS) is 23.3. The lowest BCUT2D eigenvalue weighted by Crippen LogP contribution is -2.47. The molecule has 238 valence electrons. The zero-order valence-electron chi connectivity index (χ0n) is 25.7. The van der Waals surface area contributed by atoms with Crippen LogP contribution in [0.1, 0.15) is 63.2 Å². The number of nitrogens with zero attached hydrogens (tertiary/aromatic N) is 2. The number of sulfonamides is 1. The number of benzene rings is 2. The first kappa shape index (κ1) is 33.2. The van der Waals surface area contributed by atoms with Crippen LogP contribution in [0.25, 0.3) is 0 Å². The Balaban J connectivity index is 1.65. The number of anilines is 1. The van der Waals surface area contributed by atoms with Crippen LogP contribution in [0, 0.1) is 17.7 Å². The molecule has 11 heteroatoms. The Morgan fingerprint density at radius 2 is 1.81 bits per heavy atom. The third-order valence-electron chi connectivity index (χ3n) is 8.19. The monoisotopic (exact) mass is 619 g/mol. The Hall–Kier alpha value is -2.73. The number of amides is 1. The maximum absolute atomic E-state index is 14.2. The lowest BCUT2D eigenvalue weighted by atomic mass is 10.0. The van der Waals surface area contributed by atoms with E-state index in [1.807, 2.05) is 6.92 Å². The first-order valence-electron chi connectivity index (χ1n) is 15.3. The first-order chi connectivity index (χ1) is 20.5. The van der Waals surface area contributed by atoms with Gasteiger partial charge in [0.1, 0.15) is 11.6 Å². The standard InChI is InChI=1S/C32H46FN3O6S/c1-22-18-36(23(2)21-37)32(38)29-17-27(34-43(39,40)28-13-10-26(33)11-14-28)12-15-30(29)42-24(3)7-5-6-16-41-31(22)20-35(4)19-25-8-9-25/h10-15,17,22-25,31,34,37H,5-9,16,18-21H2,1-4H3/t22-,23+,24-,31-/m0/s1. The first-order valence-corrected chi connectivity index (χ1v) is 16.8. The van der Waals surface area contributed by atoms with Gasteiger partial charge in [-0.25, -0.2) is 12.8 Å². The van der Waals surface area contributed by atoms with Crippen molar-refractivity contribution in [2.75, 3.05) is 44.6 Å². The van der Waals surface area contributed by atoms with Crippen LogP contribution in [-0.2, 0) is 14.8 Å². The van der Waals surface area contributed by atoms with Crippen LogP contribution >= 0.6 is 0 Å². The number of rotatable bonds is 9. The quantitative estimate of drug-likeness (QED) is 0.417. The molecule has 1 aliphatic carbocycles. The summed E-state index contributed by atoms with van der Waals surface area (Å²) in [5.41, 5.74) is 0.361. The predicted molar refractivity (Wildman–Crippen MR) is 164 cm³/mol. The van der Waals surface area contributed by atoms with Gasteiger partial charge in [-0.3, -0.25) is 9.52 Å². The highest BCUT2D eigenvalue weighted by molar-refractivity contribution is 7.92. The maximum atomic E-state index is 14.2. The molecule has 1 aliphatic heterocycles. The van der Waals surface area contributed by atoms with Crippen LogP contribution in [0.15, 0.2) is 47.4 Å². The summed E-state index contributed by atoms with van der Waals surface area (Å²) >= 11 is 0. The van der Waals surface area contributed by atoms with Gasteiger partial charge in [-0.15, -0.1) is 0 Å². The second-order valence-corrected chi connectivity index (χ2v) is 13.9. The number of hydrogen-bond acceptors (Lipinski definition) is 7. The van der Waals surface area contributed by atoms with Gasteiger partial charge in [0.2, 0.25) is 0 Å². The minimum absolute atomic E-state index is 0.0361. The van der Waals surface area contributed by atoms with Crippen molar-refractivity contribution in [3.05, 3.63) is 53.8 Å². The van der Waals surface area contributed by atoms with Gasteiger partial charge in [-0.05, 0) is 101 Å². The number of carbonyl (C=O) groups excluding carboxylic acids is 1. The Morgan fingerprint density at radius 3 is 2.49 bits per heavy atom. The Bertz CT molecular complexity index is 1320. The van der Waals surface area contributed by atoms with Crippen molar-refractivity contribution in [1.82, 2.24) is 9.80 Å². The van der Waals surface area contributed by atoms with E-state index in [0.29, 0.717) is 18.9 Å². The molecule has 1 amide bonds. The van der Waals surface area contributed by atoms with Gasteiger partial charge >= 0.3 is 0 Å². The zero-order chi connectivity index (χ0) is 31.1. The number of aliphatic hydroxyl groups excluding tert-OH is 1. The number of carbonyl (C=O) groups is 1. The highest BCUT2D eigenvalue weighted by Gasteiger charge is 2.31. The Morgan fingerprint density at radius 1 is 1.09 bits per heavy atom.